The molecule has 0 saturated heterocycles. The average molecular weight is 403 g/mol. The van der Waals surface area contributed by atoms with Crippen LogP contribution in [-0.2, 0) is 22.7 Å². The number of hydrogen-bond donors (Lipinski definition) is 0. The Labute approximate surface area is 166 Å². The first-order chi connectivity index (χ1) is 13.0. The highest BCUT2D eigenvalue weighted by Gasteiger charge is 2.19. The molecule has 0 saturated carbocycles. The number of carbonyl (C=O) groups is 1. The van der Waals surface area contributed by atoms with Gasteiger partial charge in [0.05, 0.1) is 5.69 Å². The monoisotopic (exact) mass is 402 g/mol. The third-order valence-electron chi connectivity index (χ3n) is 3.94. The average Bonchev–Trinajstić information content (AvgIpc) is 2.66. The van der Waals surface area contributed by atoms with Gasteiger partial charge in [0.2, 0.25) is 0 Å². The maximum absolute atomic E-state index is 12.5. The molecule has 0 fully saturated rings. The number of carbonyl (C=O) groups excluding carboxylic acids is 1. The predicted molar refractivity (Wildman–Crippen MR) is 105 cm³/mol. The number of halogens is 2. The lowest BCUT2D eigenvalue weighted by Crippen LogP contribution is -2.28. The summed E-state index contributed by atoms with van der Waals surface area (Å²) in [5.41, 5.74) is 2.27. The van der Waals surface area contributed by atoms with Gasteiger partial charge in [0.25, 0.3) is 5.56 Å². The van der Waals surface area contributed by atoms with Crippen LogP contribution in [0.4, 0.5) is 0 Å². The van der Waals surface area contributed by atoms with E-state index in [4.69, 9.17) is 27.9 Å². The Morgan fingerprint density at radius 1 is 1.04 bits per heavy atom. The maximum atomic E-state index is 12.5. The summed E-state index contributed by atoms with van der Waals surface area (Å²) < 4.78 is 6.46. The van der Waals surface area contributed by atoms with Crippen LogP contribution in [0.25, 0.3) is 11.3 Å². The van der Waals surface area contributed by atoms with E-state index in [1.54, 1.807) is 12.1 Å². The van der Waals surface area contributed by atoms with Gasteiger partial charge in [0.15, 0.2) is 10.3 Å². The van der Waals surface area contributed by atoms with Crippen LogP contribution in [0.2, 0.25) is 10.3 Å². The van der Waals surface area contributed by atoms with Crippen molar-refractivity contribution in [2.24, 2.45) is 0 Å². The zero-order chi connectivity index (χ0) is 19.4. The molecule has 0 atom stereocenters. The molecular formula is C20H16Cl2N2O3. The van der Waals surface area contributed by atoms with Gasteiger partial charge in [-0.1, -0.05) is 83.4 Å². The second-order valence-electron chi connectivity index (χ2n) is 5.95. The van der Waals surface area contributed by atoms with E-state index < -0.39 is 11.5 Å². The third-order valence-corrected chi connectivity index (χ3v) is 4.45. The Hall–Kier alpha value is -2.63. The SMILES string of the molecule is Cc1ccc(-c2c(Cl)nc(Cl)c(=O)n2CC(=O)OCc2ccccc2)cc1. The van der Waals surface area contributed by atoms with E-state index in [1.165, 1.54) is 4.57 Å². The molecule has 3 rings (SSSR count). The zero-order valence-electron chi connectivity index (χ0n) is 14.5. The molecule has 27 heavy (non-hydrogen) atoms. The minimum absolute atomic E-state index is 0.0410. The minimum atomic E-state index is -0.603. The molecule has 2 aromatic carbocycles. The highest BCUT2D eigenvalue weighted by molar-refractivity contribution is 6.33. The maximum Gasteiger partial charge on any atom is 0.326 e. The lowest BCUT2D eigenvalue weighted by molar-refractivity contribution is -0.145. The fourth-order valence-electron chi connectivity index (χ4n) is 2.56. The van der Waals surface area contributed by atoms with E-state index in [9.17, 15) is 9.59 Å². The van der Waals surface area contributed by atoms with Crippen LogP contribution in [0.3, 0.4) is 0 Å². The van der Waals surface area contributed by atoms with Gasteiger partial charge in [0.1, 0.15) is 13.2 Å². The highest BCUT2D eigenvalue weighted by atomic mass is 35.5. The van der Waals surface area contributed by atoms with E-state index >= 15 is 0 Å². The molecule has 0 aliphatic rings. The summed E-state index contributed by atoms with van der Waals surface area (Å²) in [5.74, 6) is -0.576. The molecule has 138 valence electrons. The van der Waals surface area contributed by atoms with Crippen molar-refractivity contribution >= 4 is 29.2 Å². The Morgan fingerprint density at radius 3 is 2.37 bits per heavy atom. The Morgan fingerprint density at radius 2 is 1.70 bits per heavy atom. The van der Waals surface area contributed by atoms with Gasteiger partial charge in [-0.2, -0.15) is 0 Å². The third kappa shape index (κ3) is 4.56. The summed E-state index contributed by atoms with van der Waals surface area (Å²) in [6, 6.07) is 16.6. The van der Waals surface area contributed by atoms with Gasteiger partial charge < -0.3 is 4.74 Å². The van der Waals surface area contributed by atoms with Crippen molar-refractivity contribution in [2.75, 3.05) is 0 Å². The predicted octanol–water partition coefficient (Wildman–Crippen LogP) is 4.27. The number of aromatic nitrogens is 2. The summed E-state index contributed by atoms with van der Waals surface area (Å²) in [6.45, 7) is 1.73. The minimum Gasteiger partial charge on any atom is -0.459 e. The van der Waals surface area contributed by atoms with Crippen molar-refractivity contribution in [3.05, 3.63) is 86.4 Å². The number of hydrogen-bond acceptors (Lipinski definition) is 4. The summed E-state index contributed by atoms with van der Waals surface area (Å²) in [5, 5.41) is -0.258. The van der Waals surface area contributed by atoms with Crippen molar-refractivity contribution in [3.63, 3.8) is 0 Å². The van der Waals surface area contributed by atoms with Crippen molar-refractivity contribution in [3.8, 4) is 11.3 Å². The first-order valence-corrected chi connectivity index (χ1v) is 8.93. The van der Waals surface area contributed by atoms with E-state index in [2.05, 4.69) is 4.98 Å². The van der Waals surface area contributed by atoms with Gasteiger partial charge in [-0.3, -0.25) is 14.2 Å². The second kappa shape index (κ2) is 8.37. The number of rotatable bonds is 5. The van der Waals surface area contributed by atoms with E-state index in [1.807, 2.05) is 49.4 Å². The molecular weight excluding hydrogens is 387 g/mol. The van der Waals surface area contributed by atoms with Crippen LogP contribution < -0.4 is 5.56 Å². The number of ether oxygens (including phenoxy) is 1. The molecule has 0 aliphatic carbocycles. The molecule has 0 amide bonds. The molecule has 7 heteroatoms. The van der Waals surface area contributed by atoms with Gasteiger partial charge in [0, 0.05) is 5.56 Å². The fraction of sp³-hybridized carbons (Fsp3) is 0.150. The molecule has 0 bridgehead atoms. The Bertz CT molecular complexity index is 1020. The number of nitrogens with zero attached hydrogens (tertiary/aromatic N) is 2. The van der Waals surface area contributed by atoms with Gasteiger partial charge in [-0.05, 0) is 12.5 Å². The van der Waals surface area contributed by atoms with Crippen LogP contribution in [0.15, 0.2) is 59.4 Å². The summed E-state index contributed by atoms with van der Waals surface area (Å²) >= 11 is 12.1. The lowest BCUT2D eigenvalue weighted by Gasteiger charge is -2.14. The van der Waals surface area contributed by atoms with Crippen molar-refractivity contribution in [1.29, 1.82) is 0 Å². The molecule has 0 unspecified atom stereocenters. The Balaban J connectivity index is 1.90. The lowest BCUT2D eigenvalue weighted by atomic mass is 10.1. The van der Waals surface area contributed by atoms with Crippen molar-refractivity contribution in [1.82, 2.24) is 9.55 Å². The molecule has 1 aromatic heterocycles. The molecule has 0 radical (unpaired) electrons. The van der Waals surface area contributed by atoms with E-state index in [0.717, 1.165) is 11.1 Å². The summed E-state index contributed by atoms with van der Waals surface area (Å²) in [7, 11) is 0. The fourth-order valence-corrected chi connectivity index (χ4v) is 3.09. The topological polar surface area (TPSA) is 61.2 Å². The van der Waals surface area contributed by atoms with Crippen molar-refractivity contribution in [2.45, 2.75) is 20.1 Å². The van der Waals surface area contributed by atoms with Gasteiger partial charge in [-0.15, -0.1) is 0 Å². The van der Waals surface area contributed by atoms with E-state index in [0.29, 0.717) is 11.3 Å². The normalized spacial score (nSPS) is 10.6. The smallest absolute Gasteiger partial charge is 0.326 e. The number of aryl methyl sites for hydroxylation is 1. The van der Waals surface area contributed by atoms with Crippen molar-refractivity contribution < 1.29 is 9.53 Å². The second-order valence-corrected chi connectivity index (χ2v) is 6.66. The standard InChI is InChI=1S/C20H16Cl2N2O3/c1-13-7-9-15(10-8-13)17-18(21)23-19(22)20(26)24(17)11-16(25)27-12-14-5-3-2-4-6-14/h2-10H,11-12H2,1H3. The molecule has 0 aliphatic heterocycles. The van der Waals surface area contributed by atoms with Crippen LogP contribution >= 0.6 is 23.2 Å². The van der Waals surface area contributed by atoms with Crippen LogP contribution in [0.1, 0.15) is 11.1 Å². The van der Waals surface area contributed by atoms with Gasteiger partial charge in [-0.25, -0.2) is 4.98 Å². The number of benzene rings is 2. The molecule has 0 N–H and O–H groups in total. The molecule has 0 spiro atoms. The van der Waals surface area contributed by atoms with Crippen LogP contribution in [0.5, 0.6) is 0 Å². The first-order valence-electron chi connectivity index (χ1n) is 8.18. The van der Waals surface area contributed by atoms with Crippen LogP contribution in [-0.4, -0.2) is 15.5 Å². The first kappa shape index (κ1) is 19.1. The Kier molecular flexibility index (Phi) is 5.94. The molecule has 1 heterocycles. The summed E-state index contributed by atoms with van der Waals surface area (Å²) in [6.07, 6.45) is 0. The quantitative estimate of drug-likeness (QED) is 0.597. The van der Waals surface area contributed by atoms with Gasteiger partial charge >= 0.3 is 5.97 Å². The number of esters is 1. The zero-order valence-corrected chi connectivity index (χ0v) is 16.0. The van der Waals surface area contributed by atoms with E-state index in [-0.39, 0.29) is 23.5 Å². The molecule has 3 aromatic rings. The van der Waals surface area contributed by atoms with Crippen LogP contribution in [0, 0.1) is 6.92 Å². The molecule has 5 nitrogen and oxygen atoms in total. The largest absolute Gasteiger partial charge is 0.459 e. The highest BCUT2D eigenvalue weighted by Crippen LogP contribution is 2.26. The summed E-state index contributed by atoms with van der Waals surface area (Å²) in [4.78, 5) is 28.7.